The van der Waals surface area contributed by atoms with Crippen molar-refractivity contribution >= 4 is 51.6 Å². The van der Waals surface area contributed by atoms with E-state index in [-0.39, 0.29) is 29.5 Å². The summed E-state index contributed by atoms with van der Waals surface area (Å²) in [5, 5.41) is 9.39. The Morgan fingerprint density at radius 3 is 2.69 bits per heavy atom. The monoisotopic (exact) mass is 647 g/mol. The van der Waals surface area contributed by atoms with Crippen LogP contribution in [-0.2, 0) is 10.3 Å². The van der Waals surface area contributed by atoms with Gasteiger partial charge in [-0.3, -0.25) is 14.5 Å². The summed E-state index contributed by atoms with van der Waals surface area (Å²) in [6, 6.07) is 15.1. The Hall–Kier alpha value is -3.66. The molecule has 4 aliphatic rings. The number of hydrogen-bond donors (Lipinski definition) is 1. The minimum atomic E-state index is -1.27. The molecule has 3 aliphatic heterocycles. The minimum Gasteiger partial charge on any atom is -0.476 e. The number of amides is 2. The molecule has 1 saturated heterocycles. The van der Waals surface area contributed by atoms with Crippen molar-refractivity contribution in [2.24, 2.45) is 5.92 Å². The molecule has 1 aliphatic carbocycles. The van der Waals surface area contributed by atoms with Crippen molar-refractivity contribution in [1.82, 2.24) is 19.6 Å². The highest BCUT2D eigenvalue weighted by Crippen LogP contribution is 2.63. The van der Waals surface area contributed by atoms with Crippen LogP contribution in [0, 0.1) is 11.7 Å². The average Bonchev–Trinajstić information content (AvgIpc) is 3.62. The molecule has 4 atom stereocenters. The molecule has 8 rings (SSSR count). The predicted octanol–water partition coefficient (Wildman–Crippen LogP) is 6.62. The van der Waals surface area contributed by atoms with Crippen molar-refractivity contribution in [1.29, 1.82) is 0 Å². The van der Waals surface area contributed by atoms with Crippen LogP contribution in [0.25, 0.3) is 10.9 Å². The second kappa shape index (κ2) is 10.4. The standard InChI is InChI=1S/C34H32Cl2FN5O3/c1-3-40(4-2)31(43)19-10-12-21-25(14-19)39-42-30-27(17-45-32(21)42)41(16-18-8-9-18)34(28(30)22-6-5-7-24(36)29(22)37)23-13-11-20(35)15-26(23)38-33(34)44/h5-7,10-15,18,27-28,30H,3-4,8-9,16-17H2,1-2H3,(H,38,44)/t27-,28-,30+,34+/m0/s1. The molecular weight excluding hydrogens is 616 g/mol. The van der Waals surface area contributed by atoms with Gasteiger partial charge < -0.3 is 15.0 Å². The zero-order chi connectivity index (χ0) is 31.2. The zero-order valence-corrected chi connectivity index (χ0v) is 26.4. The van der Waals surface area contributed by atoms with Crippen molar-refractivity contribution in [2.45, 2.75) is 50.2 Å². The number of nitrogens with one attached hydrogen (secondary N) is 1. The van der Waals surface area contributed by atoms with Crippen LogP contribution in [0.1, 0.15) is 60.1 Å². The maximum Gasteiger partial charge on any atom is 0.253 e. The molecule has 2 fully saturated rings. The maximum atomic E-state index is 16.3. The van der Waals surface area contributed by atoms with Crippen LogP contribution in [-0.4, -0.2) is 63.7 Å². The van der Waals surface area contributed by atoms with Crippen LogP contribution in [0.2, 0.25) is 10.0 Å². The lowest BCUT2D eigenvalue weighted by Crippen LogP contribution is -2.54. The van der Waals surface area contributed by atoms with E-state index in [1.165, 1.54) is 6.07 Å². The lowest BCUT2D eigenvalue weighted by atomic mass is 9.73. The number of likely N-dealkylation sites (tertiary alicyclic amines) is 1. The Morgan fingerprint density at radius 2 is 1.93 bits per heavy atom. The Kier molecular flexibility index (Phi) is 6.68. The molecule has 0 unspecified atom stereocenters. The van der Waals surface area contributed by atoms with E-state index in [4.69, 9.17) is 33.0 Å². The van der Waals surface area contributed by atoms with Gasteiger partial charge >= 0.3 is 0 Å². The molecule has 1 spiro atoms. The third kappa shape index (κ3) is 4.09. The second-order valence-electron chi connectivity index (χ2n) is 12.5. The predicted molar refractivity (Wildman–Crippen MR) is 171 cm³/mol. The molecule has 0 bridgehead atoms. The fraction of sp³-hybridized carbons (Fsp3) is 0.382. The fourth-order valence-electron chi connectivity index (χ4n) is 7.92. The highest BCUT2D eigenvalue weighted by atomic mass is 35.5. The second-order valence-corrected chi connectivity index (χ2v) is 13.3. The summed E-state index contributed by atoms with van der Waals surface area (Å²) in [4.78, 5) is 31.8. The summed E-state index contributed by atoms with van der Waals surface area (Å²) in [7, 11) is 0. The van der Waals surface area contributed by atoms with E-state index in [1.807, 2.05) is 30.7 Å². The van der Waals surface area contributed by atoms with Crippen LogP contribution < -0.4 is 10.1 Å². The van der Waals surface area contributed by atoms with Crippen molar-refractivity contribution < 1.29 is 18.7 Å². The van der Waals surface area contributed by atoms with E-state index >= 15 is 4.39 Å². The van der Waals surface area contributed by atoms with E-state index in [9.17, 15) is 9.59 Å². The van der Waals surface area contributed by atoms with Gasteiger partial charge in [0, 0.05) is 47.4 Å². The summed E-state index contributed by atoms with van der Waals surface area (Å²) in [6.07, 6.45) is 2.13. The summed E-state index contributed by atoms with van der Waals surface area (Å²) in [5.41, 5.74) is 1.59. The molecule has 2 amide bonds. The van der Waals surface area contributed by atoms with E-state index < -0.39 is 23.3 Å². The Balaban J connectivity index is 1.37. The van der Waals surface area contributed by atoms with E-state index in [1.54, 1.807) is 41.3 Å². The molecule has 4 aromatic rings. The normalized spacial score (nSPS) is 25.2. The first kappa shape index (κ1) is 28.8. The number of nitrogens with zero attached hydrogens (tertiary/aromatic N) is 4. The van der Waals surface area contributed by atoms with Gasteiger partial charge in [0.2, 0.25) is 11.8 Å². The van der Waals surface area contributed by atoms with Gasteiger partial charge in [-0.2, -0.15) is 5.10 Å². The van der Waals surface area contributed by atoms with Gasteiger partial charge in [-0.25, -0.2) is 9.07 Å². The number of ether oxygens (including phenoxy) is 1. The molecule has 1 saturated carbocycles. The van der Waals surface area contributed by atoms with Crippen LogP contribution in [0.15, 0.2) is 54.6 Å². The number of aromatic nitrogens is 2. The van der Waals surface area contributed by atoms with E-state index in [2.05, 4.69) is 10.2 Å². The number of carbonyl (C=O) groups is 2. The van der Waals surface area contributed by atoms with Gasteiger partial charge in [-0.1, -0.05) is 41.4 Å². The number of fused-ring (bicyclic) bond motifs is 7. The number of halogens is 3. The largest absolute Gasteiger partial charge is 0.476 e. The number of hydrogen-bond acceptors (Lipinski definition) is 5. The topological polar surface area (TPSA) is 79.7 Å². The molecule has 3 aromatic carbocycles. The van der Waals surface area contributed by atoms with Crippen LogP contribution in [0.5, 0.6) is 5.88 Å². The van der Waals surface area contributed by atoms with Gasteiger partial charge in [0.25, 0.3) is 5.91 Å². The number of anilines is 1. The lowest BCUT2D eigenvalue weighted by Gasteiger charge is -2.39. The smallest absolute Gasteiger partial charge is 0.253 e. The average molecular weight is 649 g/mol. The summed E-state index contributed by atoms with van der Waals surface area (Å²) >= 11 is 12.8. The Morgan fingerprint density at radius 1 is 1.13 bits per heavy atom. The number of rotatable bonds is 6. The molecule has 232 valence electrons. The fourth-order valence-corrected chi connectivity index (χ4v) is 8.27. The number of benzene rings is 3. The quantitative estimate of drug-likeness (QED) is 0.254. The Bertz CT molecular complexity index is 1890. The molecule has 0 radical (unpaired) electrons. The minimum absolute atomic E-state index is 0.00737. The number of carbonyl (C=O) groups excluding carboxylic acids is 2. The molecule has 45 heavy (non-hydrogen) atoms. The first-order valence-electron chi connectivity index (χ1n) is 15.5. The van der Waals surface area contributed by atoms with Crippen molar-refractivity contribution in [3.05, 3.63) is 87.2 Å². The third-order valence-corrected chi connectivity index (χ3v) is 10.6. The maximum absolute atomic E-state index is 16.3. The van der Waals surface area contributed by atoms with Gasteiger partial charge in [-0.05, 0) is 74.6 Å². The van der Waals surface area contributed by atoms with Gasteiger partial charge in [0.15, 0.2) is 0 Å². The first-order chi connectivity index (χ1) is 21.8. The van der Waals surface area contributed by atoms with E-state index in [0.29, 0.717) is 58.8 Å². The first-order valence-corrected chi connectivity index (χ1v) is 16.3. The van der Waals surface area contributed by atoms with Gasteiger partial charge in [0.05, 0.1) is 28.0 Å². The third-order valence-electron chi connectivity index (χ3n) is 10.1. The molecular formula is C34H32Cl2FN5O3. The van der Waals surface area contributed by atoms with Crippen molar-refractivity contribution in [3.8, 4) is 5.88 Å². The SMILES string of the molecule is CCN(CC)C(=O)c1ccc2c3n(nc2c1)[C@@H]1[C@H](CO3)N(CC2CC2)[C@@]2(C(=O)Nc3cc(Cl)ccc32)[C@H]1c1cccc(Cl)c1F. The molecule has 4 heterocycles. The van der Waals surface area contributed by atoms with Crippen LogP contribution in [0.4, 0.5) is 10.1 Å². The Labute approximate surface area is 270 Å². The summed E-state index contributed by atoms with van der Waals surface area (Å²) in [6.45, 7) is 6.03. The molecule has 11 heteroatoms. The van der Waals surface area contributed by atoms with Crippen LogP contribution >= 0.6 is 23.2 Å². The van der Waals surface area contributed by atoms with Gasteiger partial charge in [-0.15, -0.1) is 0 Å². The highest BCUT2D eigenvalue weighted by Gasteiger charge is 2.69. The van der Waals surface area contributed by atoms with Crippen molar-refractivity contribution in [3.63, 3.8) is 0 Å². The summed E-state index contributed by atoms with van der Waals surface area (Å²) < 4.78 is 24.6. The highest BCUT2D eigenvalue weighted by molar-refractivity contribution is 6.31. The zero-order valence-electron chi connectivity index (χ0n) is 24.9. The molecule has 1 aromatic heterocycles. The van der Waals surface area contributed by atoms with Crippen LogP contribution in [0.3, 0.4) is 0 Å². The molecule has 1 N–H and O–H groups in total. The van der Waals surface area contributed by atoms with Gasteiger partial charge in [0.1, 0.15) is 18.0 Å². The van der Waals surface area contributed by atoms with E-state index in [0.717, 1.165) is 23.8 Å². The summed E-state index contributed by atoms with van der Waals surface area (Å²) in [5.74, 6) is -0.609. The van der Waals surface area contributed by atoms with Crippen molar-refractivity contribution in [2.75, 3.05) is 31.6 Å². The molecule has 8 nitrogen and oxygen atoms in total. The lowest BCUT2D eigenvalue weighted by molar-refractivity contribution is -0.128.